The standard InChI is InChI=1S/C13H15N3O/c14-10-5-2-1-4-9(10)13-15-8-11-12(17)6-3-7-16(11)13/h1-2,4-5,8,12,17H,3,6-7,14H2. The first-order chi connectivity index (χ1) is 8.27. The van der Waals surface area contributed by atoms with Crippen molar-refractivity contribution in [2.45, 2.75) is 25.5 Å². The van der Waals surface area contributed by atoms with E-state index >= 15 is 0 Å². The van der Waals surface area contributed by atoms with E-state index < -0.39 is 6.10 Å². The molecular weight excluding hydrogens is 214 g/mol. The third-order valence-corrected chi connectivity index (χ3v) is 3.29. The highest BCUT2D eigenvalue weighted by Crippen LogP contribution is 2.32. The number of fused-ring (bicyclic) bond motifs is 1. The molecule has 1 aliphatic heterocycles. The molecule has 2 heterocycles. The van der Waals surface area contributed by atoms with E-state index in [0.717, 1.165) is 42.2 Å². The van der Waals surface area contributed by atoms with E-state index in [2.05, 4.69) is 9.55 Å². The van der Waals surface area contributed by atoms with Crippen molar-refractivity contribution >= 4 is 5.69 Å². The molecule has 0 saturated carbocycles. The van der Waals surface area contributed by atoms with Crippen molar-refractivity contribution in [3.05, 3.63) is 36.2 Å². The lowest BCUT2D eigenvalue weighted by atomic mass is 10.1. The van der Waals surface area contributed by atoms with Gasteiger partial charge in [0.1, 0.15) is 5.82 Å². The van der Waals surface area contributed by atoms with E-state index in [0.29, 0.717) is 0 Å². The lowest BCUT2D eigenvalue weighted by Gasteiger charge is -2.21. The van der Waals surface area contributed by atoms with Crippen LogP contribution in [0.1, 0.15) is 24.6 Å². The highest BCUT2D eigenvalue weighted by atomic mass is 16.3. The van der Waals surface area contributed by atoms with Crippen molar-refractivity contribution in [3.63, 3.8) is 0 Å². The Hall–Kier alpha value is -1.81. The van der Waals surface area contributed by atoms with Gasteiger partial charge in [-0.15, -0.1) is 0 Å². The van der Waals surface area contributed by atoms with Crippen LogP contribution < -0.4 is 5.73 Å². The Bertz CT molecular complexity index is 547. The van der Waals surface area contributed by atoms with Gasteiger partial charge in [0.05, 0.1) is 18.0 Å². The minimum absolute atomic E-state index is 0.394. The second kappa shape index (κ2) is 3.89. The quantitative estimate of drug-likeness (QED) is 0.735. The van der Waals surface area contributed by atoms with Crippen LogP contribution in [0.15, 0.2) is 30.5 Å². The van der Waals surface area contributed by atoms with Gasteiger partial charge in [-0.1, -0.05) is 12.1 Å². The third kappa shape index (κ3) is 1.61. The van der Waals surface area contributed by atoms with Gasteiger partial charge in [-0.2, -0.15) is 0 Å². The number of rotatable bonds is 1. The number of aliphatic hydroxyl groups is 1. The van der Waals surface area contributed by atoms with Crippen LogP contribution in [0.2, 0.25) is 0 Å². The van der Waals surface area contributed by atoms with Crippen LogP contribution in [0.4, 0.5) is 5.69 Å². The van der Waals surface area contributed by atoms with Crippen LogP contribution in [0.3, 0.4) is 0 Å². The van der Waals surface area contributed by atoms with E-state index in [9.17, 15) is 5.11 Å². The van der Waals surface area contributed by atoms with Crippen molar-refractivity contribution in [1.29, 1.82) is 0 Å². The van der Waals surface area contributed by atoms with Gasteiger partial charge in [0.25, 0.3) is 0 Å². The molecule has 0 spiro atoms. The summed E-state index contributed by atoms with van der Waals surface area (Å²) in [6, 6.07) is 7.70. The largest absolute Gasteiger partial charge is 0.398 e. The van der Waals surface area contributed by atoms with E-state index in [1.54, 1.807) is 6.20 Å². The van der Waals surface area contributed by atoms with Crippen LogP contribution >= 0.6 is 0 Å². The number of para-hydroxylation sites is 1. The van der Waals surface area contributed by atoms with Gasteiger partial charge >= 0.3 is 0 Å². The fraction of sp³-hybridized carbons (Fsp3) is 0.308. The van der Waals surface area contributed by atoms with Gasteiger partial charge in [-0.05, 0) is 25.0 Å². The number of aliphatic hydroxyl groups excluding tert-OH is 1. The molecule has 3 N–H and O–H groups in total. The van der Waals surface area contributed by atoms with Crippen LogP contribution in [0.25, 0.3) is 11.4 Å². The second-order valence-corrected chi connectivity index (χ2v) is 4.40. The molecule has 2 aromatic rings. The second-order valence-electron chi connectivity index (χ2n) is 4.40. The number of nitrogens with zero attached hydrogens (tertiary/aromatic N) is 2. The van der Waals surface area contributed by atoms with Gasteiger partial charge in [-0.25, -0.2) is 4.98 Å². The Balaban J connectivity index is 2.14. The molecule has 1 aromatic carbocycles. The smallest absolute Gasteiger partial charge is 0.142 e. The van der Waals surface area contributed by atoms with Gasteiger partial charge in [0, 0.05) is 17.8 Å². The Labute approximate surface area is 99.7 Å². The van der Waals surface area contributed by atoms with Crippen molar-refractivity contribution < 1.29 is 5.11 Å². The molecule has 4 nitrogen and oxygen atoms in total. The maximum Gasteiger partial charge on any atom is 0.142 e. The molecule has 1 unspecified atom stereocenters. The molecule has 0 aliphatic carbocycles. The Morgan fingerprint density at radius 2 is 2.18 bits per heavy atom. The van der Waals surface area contributed by atoms with Crippen molar-refractivity contribution in [2.24, 2.45) is 0 Å². The summed E-state index contributed by atoms with van der Waals surface area (Å²) < 4.78 is 2.07. The molecule has 3 rings (SSSR count). The minimum Gasteiger partial charge on any atom is -0.398 e. The summed E-state index contributed by atoms with van der Waals surface area (Å²) in [6.45, 7) is 0.899. The fourth-order valence-electron chi connectivity index (χ4n) is 2.40. The molecule has 1 aliphatic rings. The predicted molar refractivity (Wildman–Crippen MR) is 66.3 cm³/mol. The van der Waals surface area contributed by atoms with Crippen LogP contribution in [-0.2, 0) is 6.54 Å². The molecule has 0 bridgehead atoms. The van der Waals surface area contributed by atoms with Crippen molar-refractivity contribution in [3.8, 4) is 11.4 Å². The number of imidazole rings is 1. The summed E-state index contributed by atoms with van der Waals surface area (Å²) in [7, 11) is 0. The Kier molecular flexibility index (Phi) is 2.37. The maximum atomic E-state index is 9.90. The zero-order valence-corrected chi connectivity index (χ0v) is 9.50. The van der Waals surface area contributed by atoms with Crippen LogP contribution in [-0.4, -0.2) is 14.7 Å². The highest BCUT2D eigenvalue weighted by Gasteiger charge is 2.22. The lowest BCUT2D eigenvalue weighted by Crippen LogP contribution is -2.15. The molecule has 1 aromatic heterocycles. The summed E-state index contributed by atoms with van der Waals surface area (Å²) in [5, 5.41) is 9.90. The molecule has 88 valence electrons. The van der Waals surface area contributed by atoms with Crippen molar-refractivity contribution in [2.75, 3.05) is 5.73 Å². The minimum atomic E-state index is -0.394. The number of nitrogens with two attached hydrogens (primary N) is 1. The maximum absolute atomic E-state index is 9.90. The molecule has 1 atom stereocenters. The Morgan fingerprint density at radius 1 is 1.35 bits per heavy atom. The average Bonchev–Trinajstić information content (AvgIpc) is 2.75. The summed E-state index contributed by atoms with van der Waals surface area (Å²) >= 11 is 0. The molecule has 17 heavy (non-hydrogen) atoms. The normalized spacial score (nSPS) is 19.0. The first-order valence-electron chi connectivity index (χ1n) is 5.86. The summed E-state index contributed by atoms with van der Waals surface area (Å²) in [5.41, 5.74) is 8.52. The predicted octanol–water partition coefficient (Wildman–Crippen LogP) is 1.96. The molecule has 0 amide bonds. The summed E-state index contributed by atoms with van der Waals surface area (Å²) in [5.74, 6) is 0.858. The van der Waals surface area contributed by atoms with E-state index in [1.165, 1.54) is 0 Å². The third-order valence-electron chi connectivity index (χ3n) is 3.29. The van der Waals surface area contributed by atoms with Gasteiger partial charge in [-0.3, -0.25) is 0 Å². The molecule has 0 saturated heterocycles. The number of anilines is 1. The summed E-state index contributed by atoms with van der Waals surface area (Å²) in [6.07, 6.45) is 3.15. The SMILES string of the molecule is Nc1ccccc1-c1ncc2n1CCCC2O. The monoisotopic (exact) mass is 229 g/mol. The Morgan fingerprint density at radius 3 is 3.00 bits per heavy atom. The number of hydrogen-bond donors (Lipinski definition) is 2. The molecule has 4 heteroatoms. The number of hydrogen-bond acceptors (Lipinski definition) is 3. The fourth-order valence-corrected chi connectivity index (χ4v) is 2.40. The number of benzene rings is 1. The topological polar surface area (TPSA) is 64.1 Å². The zero-order chi connectivity index (χ0) is 11.8. The highest BCUT2D eigenvalue weighted by molar-refractivity contribution is 5.71. The van der Waals surface area contributed by atoms with E-state index in [1.807, 2.05) is 24.3 Å². The first-order valence-corrected chi connectivity index (χ1v) is 5.86. The van der Waals surface area contributed by atoms with Crippen LogP contribution in [0, 0.1) is 0 Å². The summed E-state index contributed by atoms with van der Waals surface area (Å²) in [4.78, 5) is 4.40. The molecular formula is C13H15N3O. The van der Waals surface area contributed by atoms with Crippen LogP contribution in [0.5, 0.6) is 0 Å². The molecule has 0 radical (unpaired) electrons. The van der Waals surface area contributed by atoms with E-state index in [4.69, 9.17) is 5.73 Å². The molecule has 0 fully saturated rings. The lowest BCUT2D eigenvalue weighted by molar-refractivity contribution is 0.139. The average molecular weight is 229 g/mol. The zero-order valence-electron chi connectivity index (χ0n) is 9.50. The van der Waals surface area contributed by atoms with Crippen molar-refractivity contribution in [1.82, 2.24) is 9.55 Å². The number of nitrogen functional groups attached to an aromatic ring is 1. The van der Waals surface area contributed by atoms with Gasteiger partial charge in [0.15, 0.2) is 0 Å². The van der Waals surface area contributed by atoms with Gasteiger partial charge < -0.3 is 15.4 Å². The van der Waals surface area contributed by atoms with Gasteiger partial charge in [0.2, 0.25) is 0 Å². The van der Waals surface area contributed by atoms with E-state index in [-0.39, 0.29) is 0 Å². The first kappa shape index (κ1) is 10.4. The number of aromatic nitrogens is 2.